The number of fused-ring (bicyclic) bond motifs is 1. The predicted molar refractivity (Wildman–Crippen MR) is 49.7 cm³/mol. The second-order valence-electron chi connectivity index (χ2n) is 3.07. The van der Waals surface area contributed by atoms with Gasteiger partial charge in [0.2, 0.25) is 0 Å². The molecule has 0 atom stereocenters. The van der Waals surface area contributed by atoms with Crippen LogP contribution < -0.4 is 5.32 Å². The number of amides is 1. The fraction of sp³-hybridized carbons (Fsp3) is 0.444. The van der Waals surface area contributed by atoms with Gasteiger partial charge in [0.25, 0.3) is 5.91 Å². The zero-order valence-corrected chi connectivity index (χ0v) is 7.83. The van der Waals surface area contributed by atoms with E-state index < -0.39 is 0 Å². The van der Waals surface area contributed by atoms with Crippen molar-refractivity contribution >= 4 is 17.2 Å². The molecular weight excluding hydrogens is 170 g/mol. The molecule has 0 spiro atoms. The Kier molecular flexibility index (Phi) is 1.89. The molecule has 0 bridgehead atoms. The molecule has 1 aromatic rings. The summed E-state index contributed by atoms with van der Waals surface area (Å²) in [6.45, 7) is 2.87. The van der Waals surface area contributed by atoms with Crippen LogP contribution in [0.15, 0.2) is 6.07 Å². The first kappa shape index (κ1) is 7.80. The molecule has 0 unspecified atom stereocenters. The van der Waals surface area contributed by atoms with Gasteiger partial charge >= 0.3 is 0 Å². The lowest BCUT2D eigenvalue weighted by Gasteiger charge is -1.95. The van der Waals surface area contributed by atoms with Crippen LogP contribution >= 0.6 is 11.3 Å². The summed E-state index contributed by atoms with van der Waals surface area (Å²) in [7, 11) is 0. The number of carbonyl (C=O) groups is 1. The van der Waals surface area contributed by atoms with Crippen LogP contribution in [0.3, 0.4) is 0 Å². The monoisotopic (exact) mass is 181 g/mol. The SMILES string of the molecule is Cc1cc2c(s1)C(=O)NCCC2. The number of carbonyl (C=O) groups excluding carboxylic acids is 1. The normalized spacial score (nSPS) is 16.6. The molecule has 1 amide bonds. The number of hydrogen-bond acceptors (Lipinski definition) is 2. The van der Waals surface area contributed by atoms with E-state index in [1.54, 1.807) is 11.3 Å². The van der Waals surface area contributed by atoms with Crippen molar-refractivity contribution in [1.29, 1.82) is 0 Å². The van der Waals surface area contributed by atoms with Crippen molar-refractivity contribution < 1.29 is 4.79 Å². The maximum absolute atomic E-state index is 11.4. The number of hydrogen-bond donors (Lipinski definition) is 1. The van der Waals surface area contributed by atoms with Crippen LogP contribution in [0.4, 0.5) is 0 Å². The summed E-state index contributed by atoms with van der Waals surface area (Å²) in [5.74, 6) is 0.112. The lowest BCUT2D eigenvalue weighted by molar-refractivity contribution is 0.0960. The van der Waals surface area contributed by atoms with E-state index in [-0.39, 0.29) is 5.91 Å². The molecule has 1 aliphatic heterocycles. The Hall–Kier alpha value is -0.830. The third-order valence-electron chi connectivity index (χ3n) is 2.05. The molecule has 1 N–H and O–H groups in total. The molecule has 2 nitrogen and oxygen atoms in total. The molecule has 0 saturated heterocycles. The minimum Gasteiger partial charge on any atom is -0.351 e. The summed E-state index contributed by atoms with van der Waals surface area (Å²) in [4.78, 5) is 13.6. The van der Waals surface area contributed by atoms with Crippen LogP contribution in [-0.4, -0.2) is 12.5 Å². The largest absolute Gasteiger partial charge is 0.351 e. The van der Waals surface area contributed by atoms with E-state index in [0.29, 0.717) is 0 Å². The Morgan fingerprint density at radius 3 is 3.25 bits per heavy atom. The third kappa shape index (κ3) is 1.25. The minimum absolute atomic E-state index is 0.112. The summed E-state index contributed by atoms with van der Waals surface area (Å²) in [6, 6.07) is 2.13. The van der Waals surface area contributed by atoms with Crippen molar-refractivity contribution in [3.05, 3.63) is 21.4 Å². The maximum atomic E-state index is 11.4. The van der Waals surface area contributed by atoms with Crippen molar-refractivity contribution in [2.24, 2.45) is 0 Å². The Morgan fingerprint density at radius 1 is 1.58 bits per heavy atom. The van der Waals surface area contributed by atoms with Crippen LogP contribution in [0.1, 0.15) is 26.5 Å². The van der Waals surface area contributed by atoms with Crippen molar-refractivity contribution in [3.8, 4) is 0 Å². The molecule has 2 heterocycles. The van der Waals surface area contributed by atoms with E-state index in [4.69, 9.17) is 0 Å². The van der Waals surface area contributed by atoms with Crippen LogP contribution in [0, 0.1) is 6.92 Å². The first-order chi connectivity index (χ1) is 5.77. The highest BCUT2D eigenvalue weighted by atomic mass is 32.1. The molecule has 0 radical (unpaired) electrons. The smallest absolute Gasteiger partial charge is 0.261 e. The lowest BCUT2D eigenvalue weighted by Crippen LogP contribution is -2.21. The summed E-state index contributed by atoms with van der Waals surface area (Å²) in [5.41, 5.74) is 1.23. The van der Waals surface area contributed by atoms with Gasteiger partial charge in [-0.05, 0) is 31.4 Å². The molecule has 0 aromatic carbocycles. The van der Waals surface area contributed by atoms with E-state index in [9.17, 15) is 4.79 Å². The van der Waals surface area contributed by atoms with Gasteiger partial charge in [-0.3, -0.25) is 4.79 Å². The van der Waals surface area contributed by atoms with Crippen molar-refractivity contribution in [3.63, 3.8) is 0 Å². The van der Waals surface area contributed by atoms with Gasteiger partial charge in [0.05, 0.1) is 4.88 Å². The molecule has 1 aromatic heterocycles. The quantitative estimate of drug-likeness (QED) is 0.649. The van der Waals surface area contributed by atoms with Gasteiger partial charge < -0.3 is 5.32 Å². The molecule has 2 rings (SSSR count). The molecule has 0 aliphatic carbocycles. The summed E-state index contributed by atoms with van der Waals surface area (Å²) < 4.78 is 0. The number of nitrogens with one attached hydrogen (secondary N) is 1. The zero-order valence-electron chi connectivity index (χ0n) is 7.02. The van der Waals surface area contributed by atoms with Crippen molar-refractivity contribution in [2.75, 3.05) is 6.54 Å². The maximum Gasteiger partial charge on any atom is 0.261 e. The summed E-state index contributed by atoms with van der Waals surface area (Å²) >= 11 is 1.60. The average molecular weight is 181 g/mol. The second-order valence-corrected chi connectivity index (χ2v) is 4.33. The molecular formula is C9H11NOS. The van der Waals surface area contributed by atoms with Crippen molar-refractivity contribution in [2.45, 2.75) is 19.8 Å². The third-order valence-corrected chi connectivity index (χ3v) is 3.14. The first-order valence-electron chi connectivity index (χ1n) is 4.15. The van der Waals surface area contributed by atoms with Crippen LogP contribution in [0.5, 0.6) is 0 Å². The fourth-order valence-electron chi connectivity index (χ4n) is 1.51. The van der Waals surface area contributed by atoms with Crippen LogP contribution in [0.2, 0.25) is 0 Å². The fourth-order valence-corrected chi connectivity index (χ4v) is 2.49. The predicted octanol–water partition coefficient (Wildman–Crippen LogP) is 1.73. The first-order valence-corrected chi connectivity index (χ1v) is 4.96. The highest BCUT2D eigenvalue weighted by Crippen LogP contribution is 2.24. The van der Waals surface area contributed by atoms with Crippen LogP contribution in [0.25, 0.3) is 0 Å². The molecule has 12 heavy (non-hydrogen) atoms. The van der Waals surface area contributed by atoms with Gasteiger partial charge in [-0.1, -0.05) is 0 Å². The van der Waals surface area contributed by atoms with Gasteiger partial charge in [0, 0.05) is 11.4 Å². The molecule has 0 fully saturated rings. The number of thiophene rings is 1. The highest BCUT2D eigenvalue weighted by molar-refractivity contribution is 7.14. The van der Waals surface area contributed by atoms with E-state index >= 15 is 0 Å². The van der Waals surface area contributed by atoms with Crippen molar-refractivity contribution in [1.82, 2.24) is 5.32 Å². The number of rotatable bonds is 0. The van der Waals surface area contributed by atoms with Gasteiger partial charge in [-0.15, -0.1) is 11.3 Å². The molecule has 1 aliphatic rings. The van der Waals surface area contributed by atoms with Crippen LogP contribution in [-0.2, 0) is 6.42 Å². The zero-order chi connectivity index (χ0) is 8.55. The minimum atomic E-state index is 0.112. The lowest BCUT2D eigenvalue weighted by atomic mass is 10.1. The molecule has 0 saturated carbocycles. The standard InChI is InChI=1S/C9H11NOS/c1-6-5-7-3-2-4-10-9(11)8(7)12-6/h5H,2-4H2,1H3,(H,10,11). The van der Waals surface area contributed by atoms with Gasteiger partial charge in [-0.25, -0.2) is 0 Å². The second kappa shape index (κ2) is 2.90. The van der Waals surface area contributed by atoms with Gasteiger partial charge in [-0.2, -0.15) is 0 Å². The summed E-state index contributed by atoms with van der Waals surface area (Å²) in [6.07, 6.45) is 2.10. The van der Waals surface area contributed by atoms with Gasteiger partial charge in [0.15, 0.2) is 0 Å². The Balaban J connectivity index is 2.44. The number of aryl methyl sites for hydroxylation is 2. The van der Waals surface area contributed by atoms with E-state index in [2.05, 4.69) is 11.4 Å². The van der Waals surface area contributed by atoms with Gasteiger partial charge in [0.1, 0.15) is 0 Å². The average Bonchev–Trinajstić information content (AvgIpc) is 2.33. The summed E-state index contributed by atoms with van der Waals surface area (Å²) in [5, 5.41) is 2.89. The topological polar surface area (TPSA) is 29.1 Å². The van der Waals surface area contributed by atoms with E-state index in [1.807, 2.05) is 6.92 Å². The Labute approximate surface area is 75.6 Å². The molecule has 64 valence electrons. The molecule has 3 heteroatoms. The van der Waals surface area contributed by atoms with E-state index in [0.717, 1.165) is 24.3 Å². The highest BCUT2D eigenvalue weighted by Gasteiger charge is 2.16. The Bertz CT molecular complexity index is 316. The van der Waals surface area contributed by atoms with E-state index in [1.165, 1.54) is 10.4 Å². The Morgan fingerprint density at radius 2 is 2.42 bits per heavy atom.